The van der Waals surface area contributed by atoms with Crippen molar-refractivity contribution >= 4 is 23.2 Å². The third-order valence-electron chi connectivity index (χ3n) is 1.71. The van der Waals surface area contributed by atoms with Crippen molar-refractivity contribution in [2.45, 2.75) is 12.2 Å². The smallest absolute Gasteiger partial charge is 0.0802 e. The van der Waals surface area contributed by atoms with Crippen molar-refractivity contribution in [3.63, 3.8) is 0 Å². The molecule has 0 saturated carbocycles. The number of hydrogen-bond acceptors (Lipinski definition) is 4. The number of rotatable bonds is 8. The third-order valence-corrected chi connectivity index (χ3v) is 2.42. The van der Waals surface area contributed by atoms with Crippen molar-refractivity contribution in [1.82, 2.24) is 4.90 Å². The minimum Gasteiger partial charge on any atom is -0.395 e. The van der Waals surface area contributed by atoms with Crippen molar-refractivity contribution in [3.8, 4) is 0 Å². The van der Waals surface area contributed by atoms with E-state index in [1.165, 1.54) is 0 Å². The van der Waals surface area contributed by atoms with Gasteiger partial charge in [0.15, 0.2) is 0 Å². The summed E-state index contributed by atoms with van der Waals surface area (Å²) in [6.45, 7) is 1.03. The normalized spacial score (nSPS) is 15.9. The Morgan fingerprint density at radius 2 is 1.43 bits per heavy atom. The Balaban J connectivity index is 3.88. The largest absolute Gasteiger partial charge is 0.395 e. The van der Waals surface area contributed by atoms with Gasteiger partial charge in [0, 0.05) is 31.4 Å². The van der Waals surface area contributed by atoms with E-state index in [0.717, 1.165) is 0 Å². The van der Waals surface area contributed by atoms with Crippen LogP contribution < -0.4 is 0 Å². The molecule has 0 aromatic heterocycles. The second-order valence-corrected chi connectivity index (χ2v) is 3.72. The van der Waals surface area contributed by atoms with Gasteiger partial charge in [0.2, 0.25) is 0 Å². The van der Waals surface area contributed by atoms with Crippen molar-refractivity contribution in [2.75, 3.05) is 38.0 Å². The lowest BCUT2D eigenvalue weighted by Crippen LogP contribution is -2.40. The van der Waals surface area contributed by atoms with Gasteiger partial charge >= 0.3 is 0 Å². The van der Waals surface area contributed by atoms with Crippen molar-refractivity contribution in [2.24, 2.45) is 0 Å². The number of nitrogens with zero attached hydrogens (tertiary/aromatic N) is 1. The zero-order valence-corrected chi connectivity index (χ0v) is 9.45. The topological polar surface area (TPSA) is 63.9 Å². The molecule has 2 atom stereocenters. The monoisotopic (exact) mass is 245 g/mol. The van der Waals surface area contributed by atoms with E-state index in [2.05, 4.69) is 0 Å². The van der Waals surface area contributed by atoms with E-state index in [1.807, 2.05) is 0 Å². The fourth-order valence-electron chi connectivity index (χ4n) is 1.09. The third kappa shape index (κ3) is 6.81. The molecule has 0 aromatic carbocycles. The summed E-state index contributed by atoms with van der Waals surface area (Å²) in [7, 11) is 0. The molecule has 0 aliphatic heterocycles. The Kier molecular flexibility index (Phi) is 8.97. The molecule has 0 fully saturated rings. The van der Waals surface area contributed by atoms with Crippen LogP contribution in [-0.4, -0.2) is 70.4 Å². The van der Waals surface area contributed by atoms with Crippen LogP contribution in [0.2, 0.25) is 0 Å². The lowest BCUT2D eigenvalue weighted by molar-refractivity contribution is 0.0747. The molecule has 2 unspecified atom stereocenters. The van der Waals surface area contributed by atoms with Gasteiger partial charge in [0.1, 0.15) is 0 Å². The van der Waals surface area contributed by atoms with Gasteiger partial charge in [-0.05, 0) is 0 Å². The summed E-state index contributed by atoms with van der Waals surface area (Å²) in [5, 5.41) is 27.3. The summed E-state index contributed by atoms with van der Waals surface area (Å²) >= 11 is 10.9. The van der Waals surface area contributed by atoms with Crippen LogP contribution >= 0.6 is 23.2 Å². The van der Waals surface area contributed by atoms with Crippen LogP contribution in [0.1, 0.15) is 0 Å². The van der Waals surface area contributed by atoms with Gasteiger partial charge in [0.05, 0.1) is 18.8 Å². The molecule has 0 rings (SSSR count). The standard InChI is InChI=1S/C8H17Cl2NO3/c9-3-7(13)5-11(1-2-12)6-8(14)4-10/h7-8,12-14H,1-6H2. The molecule has 0 heterocycles. The van der Waals surface area contributed by atoms with E-state index in [-0.39, 0.29) is 18.4 Å². The fraction of sp³-hybridized carbons (Fsp3) is 1.00. The summed E-state index contributed by atoms with van der Waals surface area (Å²) in [5.74, 6) is 0.276. The van der Waals surface area contributed by atoms with E-state index in [4.69, 9.17) is 28.3 Å². The molecule has 6 heteroatoms. The van der Waals surface area contributed by atoms with Gasteiger partial charge in [-0.3, -0.25) is 4.90 Å². The number of halogens is 2. The first-order valence-corrected chi connectivity index (χ1v) is 5.52. The molecule has 0 radical (unpaired) electrons. The quantitative estimate of drug-likeness (QED) is 0.504. The van der Waals surface area contributed by atoms with Crippen molar-refractivity contribution < 1.29 is 15.3 Å². The zero-order valence-electron chi connectivity index (χ0n) is 7.94. The summed E-state index contributed by atoms with van der Waals surface area (Å²) in [6.07, 6.45) is -1.29. The number of aliphatic hydroxyl groups excluding tert-OH is 3. The molecule has 0 aliphatic rings. The van der Waals surface area contributed by atoms with E-state index in [9.17, 15) is 10.2 Å². The molecule has 4 nitrogen and oxygen atoms in total. The van der Waals surface area contributed by atoms with Crippen LogP contribution in [0.5, 0.6) is 0 Å². The lowest BCUT2D eigenvalue weighted by Gasteiger charge is -2.25. The summed E-state index contributed by atoms with van der Waals surface area (Å²) in [4.78, 5) is 1.72. The molecule has 0 bridgehead atoms. The van der Waals surface area contributed by atoms with E-state index < -0.39 is 12.2 Å². The van der Waals surface area contributed by atoms with Gasteiger partial charge in [-0.2, -0.15) is 0 Å². The van der Waals surface area contributed by atoms with Gasteiger partial charge in [0.25, 0.3) is 0 Å². The molecule has 3 N–H and O–H groups in total. The first kappa shape index (κ1) is 14.4. The van der Waals surface area contributed by atoms with Crippen LogP contribution in [0.25, 0.3) is 0 Å². The highest BCUT2D eigenvalue weighted by atomic mass is 35.5. The van der Waals surface area contributed by atoms with Crippen molar-refractivity contribution in [1.29, 1.82) is 0 Å². The molecule has 14 heavy (non-hydrogen) atoms. The average molecular weight is 246 g/mol. The molecule has 0 spiro atoms. The highest BCUT2D eigenvalue weighted by Crippen LogP contribution is 1.98. The molecule has 0 aliphatic carbocycles. The Labute approximate surface area is 94.0 Å². The average Bonchev–Trinajstić information content (AvgIpc) is 2.17. The van der Waals surface area contributed by atoms with Crippen LogP contribution in [0, 0.1) is 0 Å². The zero-order chi connectivity index (χ0) is 11.0. The second kappa shape index (κ2) is 8.71. The van der Waals surface area contributed by atoms with Crippen LogP contribution in [0.3, 0.4) is 0 Å². The van der Waals surface area contributed by atoms with Crippen LogP contribution in [-0.2, 0) is 0 Å². The number of aliphatic hydroxyl groups is 3. The number of hydrogen-bond donors (Lipinski definition) is 3. The minimum atomic E-state index is -0.647. The first-order chi connectivity index (χ1) is 6.63. The Bertz CT molecular complexity index is 128. The number of alkyl halides is 2. The van der Waals surface area contributed by atoms with Crippen molar-refractivity contribution in [3.05, 3.63) is 0 Å². The van der Waals surface area contributed by atoms with E-state index in [1.54, 1.807) is 4.90 Å². The SMILES string of the molecule is OCCN(CC(O)CCl)CC(O)CCl. The fourth-order valence-corrected chi connectivity index (χ4v) is 1.29. The molecule has 0 amide bonds. The highest BCUT2D eigenvalue weighted by Gasteiger charge is 2.13. The minimum absolute atomic E-state index is 0.0238. The van der Waals surface area contributed by atoms with Gasteiger partial charge in [-0.15, -0.1) is 23.2 Å². The Hall–Kier alpha value is 0.420. The molecular formula is C8H17Cl2NO3. The molecular weight excluding hydrogens is 229 g/mol. The molecule has 0 aromatic rings. The first-order valence-electron chi connectivity index (χ1n) is 4.45. The predicted octanol–water partition coefficient (Wildman–Crippen LogP) is -0.520. The highest BCUT2D eigenvalue weighted by molar-refractivity contribution is 6.18. The molecule has 0 saturated heterocycles. The Morgan fingerprint density at radius 3 is 1.71 bits per heavy atom. The van der Waals surface area contributed by atoms with E-state index >= 15 is 0 Å². The van der Waals surface area contributed by atoms with E-state index in [0.29, 0.717) is 19.6 Å². The maximum Gasteiger partial charge on any atom is 0.0802 e. The van der Waals surface area contributed by atoms with Gasteiger partial charge in [-0.1, -0.05) is 0 Å². The lowest BCUT2D eigenvalue weighted by atomic mass is 10.3. The van der Waals surface area contributed by atoms with Crippen LogP contribution in [0.4, 0.5) is 0 Å². The second-order valence-electron chi connectivity index (χ2n) is 3.10. The summed E-state index contributed by atoms with van der Waals surface area (Å²) in [5.41, 5.74) is 0. The van der Waals surface area contributed by atoms with Gasteiger partial charge < -0.3 is 15.3 Å². The summed E-state index contributed by atoms with van der Waals surface area (Å²) < 4.78 is 0. The van der Waals surface area contributed by atoms with Crippen LogP contribution in [0.15, 0.2) is 0 Å². The maximum absolute atomic E-state index is 9.27. The Morgan fingerprint density at radius 1 is 1.00 bits per heavy atom. The maximum atomic E-state index is 9.27. The molecule has 86 valence electrons. The van der Waals surface area contributed by atoms with Gasteiger partial charge in [-0.25, -0.2) is 0 Å². The predicted molar refractivity (Wildman–Crippen MR) is 57.0 cm³/mol. The summed E-state index contributed by atoms with van der Waals surface area (Å²) in [6, 6.07) is 0.